The van der Waals surface area contributed by atoms with E-state index in [1.807, 2.05) is 0 Å². The van der Waals surface area contributed by atoms with Crippen molar-refractivity contribution in [2.45, 2.75) is 31.9 Å². The first-order valence-electron chi connectivity index (χ1n) is 9.42. The molecule has 176 valence electrons. The molecular formula is C20H22F6N4O2. The van der Waals surface area contributed by atoms with Gasteiger partial charge in [-0.1, -0.05) is 6.07 Å². The number of Topliss-reactive ketones (excluding diaryl/α,β-unsaturated/α-hetero) is 1. The first-order chi connectivity index (χ1) is 14.7. The molecule has 2 atom stereocenters. The van der Waals surface area contributed by atoms with Crippen molar-refractivity contribution in [2.24, 2.45) is 13.0 Å². The van der Waals surface area contributed by atoms with Crippen LogP contribution < -0.4 is 10.6 Å². The van der Waals surface area contributed by atoms with Crippen molar-refractivity contribution in [3.63, 3.8) is 0 Å². The van der Waals surface area contributed by atoms with Gasteiger partial charge < -0.3 is 10.6 Å². The molecule has 0 bridgehead atoms. The molecule has 0 saturated carbocycles. The molecule has 1 heterocycles. The molecule has 0 aliphatic heterocycles. The third kappa shape index (κ3) is 5.47. The molecule has 0 fully saturated rings. The molecule has 1 aromatic heterocycles. The number of ketones is 1. The van der Waals surface area contributed by atoms with E-state index in [1.165, 1.54) is 7.05 Å². The van der Waals surface area contributed by atoms with E-state index in [2.05, 4.69) is 15.7 Å². The molecule has 2 N–H and O–H groups in total. The predicted octanol–water partition coefficient (Wildman–Crippen LogP) is 3.84. The maximum atomic E-state index is 14.0. The van der Waals surface area contributed by atoms with Crippen molar-refractivity contribution in [2.75, 3.05) is 18.9 Å². The topological polar surface area (TPSA) is 76.0 Å². The maximum absolute atomic E-state index is 14.0. The summed E-state index contributed by atoms with van der Waals surface area (Å²) in [5.41, 5.74) is -2.90. The van der Waals surface area contributed by atoms with Crippen molar-refractivity contribution >= 4 is 17.4 Å². The van der Waals surface area contributed by atoms with E-state index in [-0.39, 0.29) is 12.2 Å². The normalized spacial score (nSPS) is 14.2. The van der Waals surface area contributed by atoms with Crippen LogP contribution in [0.2, 0.25) is 0 Å². The smallest absolute Gasteiger partial charge is 0.325 e. The SMILES string of the molecule is CNC[C@H](c1cc(C(F)(F)F)n(C)n1)[C@H](C(C)=O)C(=O)Nc1cccc(F)c1C(C)(F)F. The fraction of sp³-hybridized carbons (Fsp3) is 0.450. The van der Waals surface area contributed by atoms with E-state index < -0.39 is 58.4 Å². The first-order valence-corrected chi connectivity index (χ1v) is 9.42. The lowest BCUT2D eigenvalue weighted by Gasteiger charge is -2.24. The Morgan fingerprint density at radius 2 is 1.81 bits per heavy atom. The summed E-state index contributed by atoms with van der Waals surface area (Å²) >= 11 is 0. The van der Waals surface area contributed by atoms with Crippen LogP contribution in [-0.2, 0) is 28.7 Å². The zero-order chi connectivity index (χ0) is 24.4. The lowest BCUT2D eigenvalue weighted by atomic mass is 9.85. The Bertz CT molecular complexity index is 997. The van der Waals surface area contributed by atoms with E-state index in [1.54, 1.807) is 0 Å². The number of nitrogens with zero attached hydrogens (tertiary/aromatic N) is 2. The second kappa shape index (κ2) is 9.31. The van der Waals surface area contributed by atoms with Crippen LogP contribution >= 0.6 is 0 Å². The van der Waals surface area contributed by atoms with E-state index in [0.29, 0.717) is 11.6 Å². The highest BCUT2D eigenvalue weighted by Crippen LogP contribution is 2.37. The molecule has 0 saturated heterocycles. The monoisotopic (exact) mass is 464 g/mol. The van der Waals surface area contributed by atoms with Crippen LogP contribution in [0.15, 0.2) is 24.3 Å². The van der Waals surface area contributed by atoms with Gasteiger partial charge in [-0.25, -0.2) is 13.2 Å². The van der Waals surface area contributed by atoms with Gasteiger partial charge in [-0.2, -0.15) is 18.3 Å². The van der Waals surface area contributed by atoms with Crippen LogP contribution in [0.5, 0.6) is 0 Å². The second-order valence-corrected chi connectivity index (χ2v) is 7.37. The first kappa shape index (κ1) is 25.4. The van der Waals surface area contributed by atoms with E-state index in [4.69, 9.17) is 0 Å². The average molecular weight is 464 g/mol. The van der Waals surface area contributed by atoms with E-state index in [0.717, 1.165) is 38.2 Å². The molecule has 2 rings (SSSR count). The average Bonchev–Trinajstić information content (AvgIpc) is 3.01. The van der Waals surface area contributed by atoms with Gasteiger partial charge in [0.2, 0.25) is 5.91 Å². The van der Waals surface area contributed by atoms with Gasteiger partial charge in [-0.3, -0.25) is 14.3 Å². The molecule has 0 spiro atoms. The number of aromatic nitrogens is 2. The molecule has 12 heteroatoms. The summed E-state index contributed by atoms with van der Waals surface area (Å²) in [4.78, 5) is 25.3. The van der Waals surface area contributed by atoms with Crippen LogP contribution in [-0.4, -0.2) is 35.1 Å². The number of carbonyl (C=O) groups is 2. The van der Waals surface area contributed by atoms with Gasteiger partial charge in [0.1, 0.15) is 23.2 Å². The standard InChI is InChI=1S/C20H22F6N4O2/c1-10(31)16(11(9-27-3)14-8-15(20(24,25)26)30(4)29-14)18(32)28-13-7-5-6-12(21)17(13)19(2,22)23/h5-8,11,16,27H,9H2,1-4H3,(H,28,32)/t11-,16+/m1/s1. The molecule has 2 aromatic rings. The molecule has 6 nitrogen and oxygen atoms in total. The number of hydrogen-bond donors (Lipinski definition) is 2. The Hall–Kier alpha value is -2.89. The third-order valence-corrected chi connectivity index (χ3v) is 4.83. The summed E-state index contributed by atoms with van der Waals surface area (Å²) in [5.74, 6) is -9.46. The Morgan fingerprint density at radius 1 is 1.19 bits per heavy atom. The number of amides is 1. The minimum Gasteiger partial charge on any atom is -0.325 e. The second-order valence-electron chi connectivity index (χ2n) is 7.37. The molecular weight excluding hydrogens is 442 g/mol. The van der Waals surface area contributed by atoms with Crippen LogP contribution in [0.25, 0.3) is 0 Å². The number of halogens is 6. The van der Waals surface area contributed by atoms with E-state index >= 15 is 0 Å². The number of likely N-dealkylation sites (N-methyl/N-ethyl adjacent to an activating group) is 1. The van der Waals surface area contributed by atoms with Gasteiger partial charge >= 0.3 is 6.18 Å². The minimum atomic E-state index is -4.72. The Labute approximate surface area is 180 Å². The van der Waals surface area contributed by atoms with Gasteiger partial charge in [0.15, 0.2) is 0 Å². The van der Waals surface area contributed by atoms with Crippen molar-refractivity contribution in [3.05, 3.63) is 47.0 Å². The molecule has 32 heavy (non-hydrogen) atoms. The highest BCUT2D eigenvalue weighted by Gasteiger charge is 2.40. The van der Waals surface area contributed by atoms with Crippen LogP contribution in [0, 0.1) is 11.7 Å². The van der Waals surface area contributed by atoms with Crippen molar-refractivity contribution in [3.8, 4) is 0 Å². The number of carbonyl (C=O) groups excluding carboxylic acids is 2. The van der Waals surface area contributed by atoms with E-state index in [9.17, 15) is 35.9 Å². The largest absolute Gasteiger partial charge is 0.433 e. The Morgan fingerprint density at radius 3 is 2.28 bits per heavy atom. The summed E-state index contributed by atoms with van der Waals surface area (Å²) in [6.07, 6.45) is -4.72. The van der Waals surface area contributed by atoms with Crippen molar-refractivity contribution in [1.82, 2.24) is 15.1 Å². The van der Waals surface area contributed by atoms with Gasteiger partial charge in [-0.05, 0) is 32.2 Å². The lowest BCUT2D eigenvalue weighted by Crippen LogP contribution is -2.38. The maximum Gasteiger partial charge on any atom is 0.433 e. The molecule has 0 aliphatic rings. The zero-order valence-electron chi connectivity index (χ0n) is 17.6. The number of hydrogen-bond acceptors (Lipinski definition) is 4. The van der Waals surface area contributed by atoms with Gasteiger partial charge in [0, 0.05) is 26.4 Å². The van der Waals surface area contributed by atoms with Crippen LogP contribution in [0.1, 0.15) is 36.7 Å². The molecule has 0 unspecified atom stereocenters. The van der Waals surface area contributed by atoms with Gasteiger partial charge in [-0.15, -0.1) is 0 Å². The third-order valence-electron chi connectivity index (χ3n) is 4.83. The van der Waals surface area contributed by atoms with Gasteiger partial charge in [0.05, 0.1) is 16.9 Å². The Kier molecular flexibility index (Phi) is 7.38. The molecule has 0 aliphatic carbocycles. The van der Waals surface area contributed by atoms with Crippen LogP contribution in [0.4, 0.5) is 32.0 Å². The highest BCUT2D eigenvalue weighted by atomic mass is 19.4. The summed E-state index contributed by atoms with van der Waals surface area (Å²) in [5, 5.41) is 8.63. The number of rotatable bonds is 8. The fourth-order valence-corrected chi connectivity index (χ4v) is 3.48. The summed E-state index contributed by atoms with van der Waals surface area (Å²) in [6, 6.07) is 3.66. The van der Waals surface area contributed by atoms with Crippen molar-refractivity contribution < 1.29 is 35.9 Å². The minimum absolute atomic E-state index is 0.119. The highest BCUT2D eigenvalue weighted by molar-refractivity contribution is 6.07. The summed E-state index contributed by atoms with van der Waals surface area (Å²) in [6.45, 7) is 1.37. The molecule has 0 radical (unpaired) electrons. The number of nitrogens with one attached hydrogen (secondary N) is 2. The fourth-order valence-electron chi connectivity index (χ4n) is 3.48. The summed E-state index contributed by atoms with van der Waals surface area (Å²) < 4.78 is 82.0. The summed E-state index contributed by atoms with van der Waals surface area (Å²) in [7, 11) is 2.52. The lowest BCUT2D eigenvalue weighted by molar-refractivity contribution is -0.143. The molecule has 1 amide bonds. The number of benzene rings is 1. The Balaban J connectivity index is 2.49. The predicted molar refractivity (Wildman–Crippen MR) is 104 cm³/mol. The van der Waals surface area contributed by atoms with Gasteiger partial charge in [0.25, 0.3) is 5.92 Å². The molecule has 1 aromatic carbocycles. The number of alkyl halides is 5. The van der Waals surface area contributed by atoms with Crippen LogP contribution in [0.3, 0.4) is 0 Å². The number of aryl methyl sites for hydroxylation is 1. The zero-order valence-corrected chi connectivity index (χ0v) is 17.6. The van der Waals surface area contributed by atoms with Crippen molar-refractivity contribution in [1.29, 1.82) is 0 Å². The quantitative estimate of drug-likeness (QED) is 0.460. The number of anilines is 1.